The lowest BCUT2D eigenvalue weighted by Crippen LogP contribution is -2.34. The fourth-order valence-corrected chi connectivity index (χ4v) is 2.80. The van der Waals surface area contributed by atoms with E-state index >= 15 is 0 Å². The Hall–Kier alpha value is -3.38. The third-order valence-electron chi connectivity index (χ3n) is 4.28. The molecule has 3 aromatic rings. The van der Waals surface area contributed by atoms with Gasteiger partial charge in [0.1, 0.15) is 5.75 Å². The highest BCUT2D eigenvalue weighted by atomic mass is 16.5. The number of primary amides is 1. The molecule has 0 saturated heterocycles. The number of hydrogen-bond acceptors (Lipinski definition) is 4. The van der Waals surface area contributed by atoms with Crippen LogP contribution in [-0.2, 0) is 0 Å². The predicted molar refractivity (Wildman–Crippen MR) is 101 cm³/mol. The van der Waals surface area contributed by atoms with E-state index in [4.69, 9.17) is 10.5 Å². The number of benzene rings is 2. The van der Waals surface area contributed by atoms with Gasteiger partial charge in [0.25, 0.3) is 0 Å². The summed E-state index contributed by atoms with van der Waals surface area (Å²) in [5, 5.41) is 10.3. The van der Waals surface area contributed by atoms with Crippen LogP contribution in [-0.4, -0.2) is 21.3 Å². The van der Waals surface area contributed by atoms with E-state index in [9.17, 15) is 10.0 Å². The molecule has 1 heterocycles. The lowest BCUT2D eigenvalue weighted by atomic mass is 10.0. The van der Waals surface area contributed by atoms with Crippen molar-refractivity contribution in [1.29, 1.82) is 0 Å². The fourth-order valence-electron chi connectivity index (χ4n) is 2.80. The Kier molecular flexibility index (Phi) is 5.68. The van der Waals surface area contributed by atoms with Crippen molar-refractivity contribution in [2.45, 2.75) is 19.1 Å². The van der Waals surface area contributed by atoms with Crippen molar-refractivity contribution in [3.63, 3.8) is 0 Å². The molecule has 27 heavy (non-hydrogen) atoms. The van der Waals surface area contributed by atoms with Crippen LogP contribution >= 0.6 is 0 Å². The summed E-state index contributed by atoms with van der Waals surface area (Å²) in [4.78, 5) is 15.4. The Morgan fingerprint density at radius 3 is 2.41 bits per heavy atom. The van der Waals surface area contributed by atoms with Gasteiger partial charge in [0.2, 0.25) is 0 Å². The van der Waals surface area contributed by atoms with Crippen LogP contribution in [0.15, 0.2) is 79.1 Å². The maximum absolute atomic E-state index is 11.2. The number of ether oxygens (including phenoxy) is 1. The lowest BCUT2D eigenvalue weighted by Gasteiger charge is -2.23. The number of aromatic nitrogens is 1. The molecular weight excluding hydrogens is 342 g/mol. The van der Waals surface area contributed by atoms with Crippen LogP contribution in [0, 0.1) is 0 Å². The average Bonchev–Trinajstić information content (AvgIpc) is 2.72. The zero-order valence-electron chi connectivity index (χ0n) is 14.9. The summed E-state index contributed by atoms with van der Waals surface area (Å²) >= 11 is 0. The Morgan fingerprint density at radius 1 is 1.04 bits per heavy atom. The van der Waals surface area contributed by atoms with Gasteiger partial charge in [-0.3, -0.25) is 10.2 Å². The fraction of sp³-hybridized carbons (Fsp3) is 0.143. The molecule has 2 atom stereocenters. The second-order valence-electron chi connectivity index (χ2n) is 6.13. The minimum atomic E-state index is -0.911. The van der Waals surface area contributed by atoms with Crippen molar-refractivity contribution in [2.75, 3.05) is 0 Å². The van der Waals surface area contributed by atoms with E-state index in [1.807, 2.05) is 48.5 Å². The molecule has 3 N–H and O–H groups in total. The number of nitrogens with two attached hydrogens (primary N) is 1. The summed E-state index contributed by atoms with van der Waals surface area (Å²) in [5.41, 5.74) is 7.75. The molecule has 0 saturated carbocycles. The van der Waals surface area contributed by atoms with Gasteiger partial charge in [-0.25, -0.2) is 4.79 Å². The Bertz CT molecular complexity index is 848. The number of hydrogen-bond donors (Lipinski definition) is 2. The smallest absolute Gasteiger partial charge is 0.339 e. The molecular formula is C21H21N3O3. The number of amides is 2. The second kappa shape index (κ2) is 8.33. The molecule has 3 rings (SSSR count). The highest BCUT2D eigenvalue weighted by molar-refractivity contribution is 5.71. The van der Waals surface area contributed by atoms with Gasteiger partial charge in [0, 0.05) is 18.0 Å². The number of hydroxylamine groups is 2. The highest BCUT2D eigenvalue weighted by Crippen LogP contribution is 2.30. The van der Waals surface area contributed by atoms with Crippen molar-refractivity contribution in [3.05, 3.63) is 95.8 Å². The standard InChI is InChI=1S/C21H21N3O3/c1-15(24(26)21(22)25)17-9-5-11-19(13-17)27-20(16-7-3-2-4-8-16)18-10-6-12-23-14-18/h2-15,20,26H,1H3,(H2,22,25). The summed E-state index contributed by atoms with van der Waals surface area (Å²) in [6.07, 6.45) is 3.15. The van der Waals surface area contributed by atoms with Crippen molar-refractivity contribution in [1.82, 2.24) is 10.0 Å². The molecule has 0 aliphatic carbocycles. The van der Waals surface area contributed by atoms with Crippen LogP contribution in [0.2, 0.25) is 0 Å². The number of nitrogens with zero attached hydrogens (tertiary/aromatic N) is 2. The normalized spacial score (nSPS) is 12.8. The predicted octanol–water partition coefficient (Wildman–Crippen LogP) is 4.08. The minimum absolute atomic E-state index is 0.341. The van der Waals surface area contributed by atoms with Crippen LogP contribution in [0.3, 0.4) is 0 Å². The molecule has 0 bridgehead atoms. The van der Waals surface area contributed by atoms with E-state index in [-0.39, 0.29) is 6.10 Å². The average molecular weight is 363 g/mol. The maximum atomic E-state index is 11.2. The Morgan fingerprint density at radius 2 is 1.74 bits per heavy atom. The van der Waals surface area contributed by atoms with Crippen LogP contribution in [0.1, 0.15) is 35.8 Å². The monoisotopic (exact) mass is 363 g/mol. The maximum Gasteiger partial charge on any atom is 0.339 e. The molecule has 2 aromatic carbocycles. The quantitative estimate of drug-likeness (QED) is 0.510. The minimum Gasteiger partial charge on any atom is -0.481 e. The van der Waals surface area contributed by atoms with Crippen LogP contribution < -0.4 is 10.5 Å². The van der Waals surface area contributed by atoms with E-state index in [2.05, 4.69) is 4.98 Å². The van der Waals surface area contributed by atoms with Crippen molar-refractivity contribution < 1.29 is 14.7 Å². The van der Waals surface area contributed by atoms with Crippen molar-refractivity contribution in [3.8, 4) is 5.75 Å². The molecule has 1 aromatic heterocycles. The third-order valence-corrected chi connectivity index (χ3v) is 4.28. The molecule has 0 radical (unpaired) electrons. The van der Waals surface area contributed by atoms with Gasteiger partial charge in [-0.15, -0.1) is 0 Å². The van der Waals surface area contributed by atoms with Gasteiger partial charge < -0.3 is 10.5 Å². The molecule has 2 unspecified atom stereocenters. The molecule has 6 nitrogen and oxygen atoms in total. The molecule has 6 heteroatoms. The van der Waals surface area contributed by atoms with E-state index < -0.39 is 12.1 Å². The van der Waals surface area contributed by atoms with Crippen molar-refractivity contribution in [2.24, 2.45) is 5.73 Å². The van der Waals surface area contributed by atoms with Gasteiger partial charge in [-0.2, -0.15) is 5.06 Å². The molecule has 0 aliphatic heterocycles. The first-order valence-corrected chi connectivity index (χ1v) is 8.55. The van der Waals surface area contributed by atoms with Gasteiger partial charge in [-0.05, 0) is 36.2 Å². The number of urea groups is 1. The molecule has 0 aliphatic rings. The molecule has 0 fully saturated rings. The zero-order valence-corrected chi connectivity index (χ0v) is 14.9. The van der Waals surface area contributed by atoms with Gasteiger partial charge >= 0.3 is 6.03 Å². The largest absolute Gasteiger partial charge is 0.481 e. The molecule has 0 spiro atoms. The number of carbonyl (C=O) groups excluding carboxylic acids is 1. The van der Waals surface area contributed by atoms with Gasteiger partial charge in [-0.1, -0.05) is 48.5 Å². The number of carbonyl (C=O) groups is 1. The van der Waals surface area contributed by atoms with E-state index in [1.165, 1.54) is 0 Å². The topological polar surface area (TPSA) is 88.7 Å². The lowest BCUT2D eigenvalue weighted by molar-refractivity contribution is -0.0710. The van der Waals surface area contributed by atoms with E-state index in [0.717, 1.165) is 11.1 Å². The summed E-state index contributed by atoms with van der Waals surface area (Å²) in [5.74, 6) is 0.606. The second-order valence-corrected chi connectivity index (χ2v) is 6.13. The van der Waals surface area contributed by atoms with Crippen LogP contribution in [0.4, 0.5) is 4.79 Å². The molecule has 138 valence electrons. The van der Waals surface area contributed by atoms with Crippen molar-refractivity contribution >= 4 is 6.03 Å². The highest BCUT2D eigenvalue weighted by Gasteiger charge is 2.20. The first-order valence-electron chi connectivity index (χ1n) is 8.55. The Labute approximate surface area is 157 Å². The van der Waals surface area contributed by atoms with Gasteiger partial charge in [0.15, 0.2) is 6.10 Å². The number of pyridine rings is 1. The van der Waals surface area contributed by atoms with Gasteiger partial charge in [0.05, 0.1) is 6.04 Å². The summed E-state index contributed by atoms with van der Waals surface area (Å²) < 4.78 is 6.26. The summed E-state index contributed by atoms with van der Waals surface area (Å²) in [6, 6.07) is 19.4. The van der Waals surface area contributed by atoms with Crippen LogP contribution in [0.25, 0.3) is 0 Å². The van der Waals surface area contributed by atoms with E-state index in [1.54, 1.807) is 37.5 Å². The molecule has 2 amide bonds. The Balaban J connectivity index is 1.91. The first-order chi connectivity index (χ1) is 13.1. The SMILES string of the molecule is CC(c1cccc(OC(c2ccccc2)c2cccnc2)c1)N(O)C(N)=O. The summed E-state index contributed by atoms with van der Waals surface area (Å²) in [6.45, 7) is 1.68. The first kappa shape index (κ1) is 18.4. The van der Waals surface area contributed by atoms with E-state index in [0.29, 0.717) is 16.4 Å². The zero-order chi connectivity index (χ0) is 19.2. The van der Waals surface area contributed by atoms with Crippen LogP contribution in [0.5, 0.6) is 5.75 Å². The third kappa shape index (κ3) is 4.43. The summed E-state index contributed by atoms with van der Waals surface area (Å²) in [7, 11) is 0. The number of rotatable bonds is 6.